The Bertz CT molecular complexity index is 1500. The molecule has 4 heterocycles. The lowest BCUT2D eigenvalue weighted by atomic mass is 10.1. The normalized spacial score (nSPS) is 17.7. The summed E-state index contributed by atoms with van der Waals surface area (Å²) in [5.74, 6) is 0.343. The molecule has 8 nitrogen and oxygen atoms in total. The molecule has 200 valence electrons. The van der Waals surface area contributed by atoms with E-state index in [2.05, 4.69) is 36.4 Å². The molecule has 4 aromatic rings. The van der Waals surface area contributed by atoms with Crippen molar-refractivity contribution in [1.29, 1.82) is 0 Å². The molecule has 3 aromatic heterocycles. The predicted octanol–water partition coefficient (Wildman–Crippen LogP) is 5.91. The topological polar surface area (TPSA) is 84.6 Å². The first-order chi connectivity index (χ1) is 17.9. The molecular weight excluding hydrogens is 565 g/mol. The molecule has 38 heavy (non-hydrogen) atoms. The number of aromatic nitrogens is 4. The molecule has 1 aliphatic rings. The number of nitrogens with one attached hydrogen (secondary N) is 1. The van der Waals surface area contributed by atoms with Crippen LogP contribution >= 0.6 is 15.9 Å². The number of likely N-dealkylation sites (tertiary alicyclic amines) is 1. The lowest BCUT2D eigenvalue weighted by molar-refractivity contribution is -0.184. The molecule has 1 amide bonds. The van der Waals surface area contributed by atoms with Gasteiger partial charge in [-0.2, -0.15) is 13.2 Å². The van der Waals surface area contributed by atoms with Gasteiger partial charge in [0.05, 0.1) is 5.52 Å². The molecule has 1 N–H and O–H groups in total. The number of rotatable bonds is 4. The molecule has 0 bridgehead atoms. The number of hydrogen-bond acceptors (Lipinski definition) is 6. The first-order valence-electron chi connectivity index (χ1n) is 12.1. The molecule has 5 rings (SSSR count). The Morgan fingerprint density at radius 2 is 1.89 bits per heavy atom. The molecule has 2 atom stereocenters. The highest BCUT2D eigenvalue weighted by Gasteiger charge is 2.47. The summed E-state index contributed by atoms with van der Waals surface area (Å²) in [4.78, 5) is 18.1. The number of carbonyl (C=O) groups is 1. The van der Waals surface area contributed by atoms with Crippen LogP contribution in [0.15, 0.2) is 53.1 Å². The number of benzene rings is 1. The van der Waals surface area contributed by atoms with Crippen molar-refractivity contribution in [3.63, 3.8) is 0 Å². The van der Waals surface area contributed by atoms with E-state index >= 15 is 0 Å². The van der Waals surface area contributed by atoms with Gasteiger partial charge in [0.2, 0.25) is 0 Å². The smallest absolute Gasteiger partial charge is 0.408 e. The SMILES string of the molecule is CC(C)(C)OC(=O)N[C@@H]1CCN([C@H](c2ccc3nnc(-c4ccc5ccc(Br)cc5n4)n3c2)C(F)(F)F)C1. The van der Waals surface area contributed by atoms with Gasteiger partial charge in [-0.1, -0.05) is 34.1 Å². The minimum atomic E-state index is -4.55. The zero-order valence-electron chi connectivity index (χ0n) is 21.0. The Hall–Kier alpha value is -3.25. The second-order valence-electron chi connectivity index (χ2n) is 10.3. The Morgan fingerprint density at radius 3 is 2.63 bits per heavy atom. The minimum Gasteiger partial charge on any atom is -0.444 e. The number of carbonyl (C=O) groups excluding carboxylic acids is 1. The summed E-state index contributed by atoms with van der Waals surface area (Å²) >= 11 is 3.44. The summed E-state index contributed by atoms with van der Waals surface area (Å²) in [6.45, 7) is 5.40. The van der Waals surface area contributed by atoms with Crippen LogP contribution in [0.5, 0.6) is 0 Å². The van der Waals surface area contributed by atoms with Crippen molar-refractivity contribution in [2.45, 2.75) is 51.1 Å². The van der Waals surface area contributed by atoms with E-state index in [1.54, 1.807) is 26.8 Å². The average molecular weight is 591 g/mol. The van der Waals surface area contributed by atoms with Gasteiger partial charge >= 0.3 is 12.3 Å². The Labute approximate surface area is 225 Å². The van der Waals surface area contributed by atoms with Crippen molar-refractivity contribution in [1.82, 2.24) is 29.8 Å². The van der Waals surface area contributed by atoms with Crippen molar-refractivity contribution in [2.24, 2.45) is 0 Å². The van der Waals surface area contributed by atoms with E-state index in [1.807, 2.05) is 24.3 Å². The quantitative estimate of drug-likeness (QED) is 0.318. The zero-order valence-corrected chi connectivity index (χ0v) is 22.5. The minimum absolute atomic E-state index is 0.0393. The molecule has 0 spiro atoms. The van der Waals surface area contributed by atoms with Crippen LogP contribution in [-0.2, 0) is 4.74 Å². The Kier molecular flexibility index (Phi) is 6.80. The standard InChI is InChI=1S/C26H26BrF3N6O2/c1-25(2,3)38-24(37)31-18-10-11-35(14-18)22(26(28,29)30)16-6-9-21-33-34-23(36(21)13-16)19-8-5-15-4-7-17(27)12-20(15)32-19/h4-9,12-13,18,22H,10-11,14H2,1-3H3,(H,31,37)/t18-,22-/m1/s1. The van der Waals surface area contributed by atoms with Gasteiger partial charge in [0.25, 0.3) is 0 Å². The number of hydrogen-bond donors (Lipinski definition) is 1. The molecule has 1 fully saturated rings. The van der Waals surface area contributed by atoms with Gasteiger partial charge in [-0.05, 0) is 57.0 Å². The van der Waals surface area contributed by atoms with E-state index in [-0.39, 0.29) is 18.7 Å². The van der Waals surface area contributed by atoms with Crippen LogP contribution in [0, 0.1) is 0 Å². The maximum atomic E-state index is 14.4. The van der Waals surface area contributed by atoms with E-state index < -0.39 is 30.0 Å². The fourth-order valence-electron chi connectivity index (χ4n) is 4.68. The number of halogens is 4. The molecule has 0 saturated carbocycles. The van der Waals surface area contributed by atoms with Crippen molar-refractivity contribution in [2.75, 3.05) is 13.1 Å². The van der Waals surface area contributed by atoms with Gasteiger partial charge in [-0.3, -0.25) is 9.30 Å². The zero-order chi connectivity index (χ0) is 27.2. The van der Waals surface area contributed by atoms with E-state index in [1.165, 1.54) is 27.6 Å². The number of alkyl carbamates (subject to hydrolysis) is 1. The summed E-state index contributed by atoms with van der Waals surface area (Å²) in [5.41, 5.74) is 0.975. The molecule has 1 saturated heterocycles. The van der Waals surface area contributed by atoms with Gasteiger partial charge in [-0.15, -0.1) is 10.2 Å². The molecule has 0 unspecified atom stereocenters. The first-order valence-corrected chi connectivity index (χ1v) is 12.9. The maximum Gasteiger partial charge on any atom is 0.408 e. The van der Waals surface area contributed by atoms with Crippen LogP contribution in [0.25, 0.3) is 28.1 Å². The highest BCUT2D eigenvalue weighted by Crippen LogP contribution is 2.40. The first kappa shape index (κ1) is 26.4. The summed E-state index contributed by atoms with van der Waals surface area (Å²) < 4.78 is 50.9. The van der Waals surface area contributed by atoms with Gasteiger partial charge in [0.1, 0.15) is 17.3 Å². The molecular formula is C26H26BrF3N6O2. The number of nitrogens with zero attached hydrogens (tertiary/aromatic N) is 5. The Morgan fingerprint density at radius 1 is 1.13 bits per heavy atom. The number of alkyl halides is 3. The fraction of sp³-hybridized carbons (Fsp3) is 0.385. The van der Waals surface area contributed by atoms with E-state index in [4.69, 9.17) is 4.74 Å². The van der Waals surface area contributed by atoms with Crippen LogP contribution < -0.4 is 5.32 Å². The maximum absolute atomic E-state index is 14.4. The number of pyridine rings is 2. The second kappa shape index (κ2) is 9.81. The van der Waals surface area contributed by atoms with Crippen LogP contribution in [0.2, 0.25) is 0 Å². The number of fused-ring (bicyclic) bond motifs is 2. The van der Waals surface area contributed by atoms with Crippen molar-refractivity contribution in [3.8, 4) is 11.5 Å². The third-order valence-electron chi connectivity index (χ3n) is 6.24. The van der Waals surface area contributed by atoms with E-state index in [0.29, 0.717) is 23.6 Å². The Balaban J connectivity index is 1.44. The number of ether oxygens (including phenoxy) is 1. The van der Waals surface area contributed by atoms with E-state index in [9.17, 15) is 18.0 Å². The second-order valence-corrected chi connectivity index (χ2v) is 11.2. The molecule has 1 aliphatic heterocycles. The van der Waals surface area contributed by atoms with Crippen LogP contribution in [-0.4, -0.2) is 61.5 Å². The monoisotopic (exact) mass is 590 g/mol. The summed E-state index contributed by atoms with van der Waals surface area (Å²) in [6.07, 6.45) is -3.39. The lowest BCUT2D eigenvalue weighted by Gasteiger charge is -2.30. The summed E-state index contributed by atoms with van der Waals surface area (Å²) in [7, 11) is 0. The van der Waals surface area contributed by atoms with E-state index in [0.717, 1.165) is 15.4 Å². The van der Waals surface area contributed by atoms with Crippen LogP contribution in [0.3, 0.4) is 0 Å². The predicted molar refractivity (Wildman–Crippen MR) is 140 cm³/mol. The largest absolute Gasteiger partial charge is 0.444 e. The van der Waals surface area contributed by atoms with Gasteiger partial charge in [0.15, 0.2) is 11.5 Å². The molecule has 1 aromatic carbocycles. The molecule has 0 aliphatic carbocycles. The van der Waals surface area contributed by atoms with Crippen LogP contribution in [0.4, 0.5) is 18.0 Å². The fourth-order valence-corrected chi connectivity index (χ4v) is 5.03. The van der Waals surface area contributed by atoms with Crippen molar-refractivity contribution in [3.05, 3.63) is 58.7 Å². The van der Waals surface area contributed by atoms with Crippen molar-refractivity contribution < 1.29 is 22.7 Å². The average Bonchev–Trinajstić information content (AvgIpc) is 3.43. The lowest BCUT2D eigenvalue weighted by Crippen LogP contribution is -2.42. The molecule has 0 radical (unpaired) electrons. The highest BCUT2D eigenvalue weighted by atomic mass is 79.9. The van der Waals surface area contributed by atoms with Gasteiger partial charge in [0, 0.05) is 35.2 Å². The summed E-state index contributed by atoms with van der Waals surface area (Å²) in [6, 6.07) is 9.97. The van der Waals surface area contributed by atoms with Gasteiger partial charge < -0.3 is 10.1 Å². The van der Waals surface area contributed by atoms with Crippen molar-refractivity contribution >= 4 is 38.6 Å². The van der Waals surface area contributed by atoms with Crippen LogP contribution in [0.1, 0.15) is 38.8 Å². The number of amides is 1. The molecule has 12 heteroatoms. The highest BCUT2D eigenvalue weighted by molar-refractivity contribution is 9.10. The summed E-state index contributed by atoms with van der Waals surface area (Å²) in [5, 5.41) is 12.0. The third-order valence-corrected chi connectivity index (χ3v) is 6.73. The third kappa shape index (κ3) is 5.60. The van der Waals surface area contributed by atoms with Gasteiger partial charge in [-0.25, -0.2) is 9.78 Å².